The molecule has 0 saturated heterocycles. The van der Waals surface area contributed by atoms with Crippen molar-refractivity contribution in [3.63, 3.8) is 0 Å². The first-order valence-corrected chi connectivity index (χ1v) is 14.1. The average Bonchev–Trinajstić information content (AvgIpc) is 2.83. The van der Waals surface area contributed by atoms with Gasteiger partial charge in [0.2, 0.25) is 0 Å². The summed E-state index contributed by atoms with van der Waals surface area (Å²) in [5.74, 6) is 5.86. The van der Waals surface area contributed by atoms with E-state index in [1.807, 2.05) is 0 Å². The zero-order valence-electron chi connectivity index (χ0n) is 21.2. The zero-order chi connectivity index (χ0) is 22.4. The normalized spacial score (nSPS) is 26.1. The van der Waals surface area contributed by atoms with Gasteiger partial charge in [-0.05, 0) is 73.6 Å². The molecule has 0 unspecified atom stereocenters. The van der Waals surface area contributed by atoms with Crippen molar-refractivity contribution >= 4 is 0 Å². The number of ether oxygens (including phenoxy) is 2. The van der Waals surface area contributed by atoms with Crippen LogP contribution in [0.25, 0.3) is 0 Å². The van der Waals surface area contributed by atoms with Crippen molar-refractivity contribution in [1.82, 2.24) is 0 Å². The maximum Gasteiger partial charge on any atom is 0.119 e. The van der Waals surface area contributed by atoms with E-state index in [1.165, 1.54) is 103 Å². The quantitative estimate of drug-likeness (QED) is 0.267. The van der Waals surface area contributed by atoms with E-state index in [4.69, 9.17) is 9.47 Å². The van der Waals surface area contributed by atoms with Crippen LogP contribution < -0.4 is 9.47 Å². The number of benzene rings is 1. The molecule has 2 saturated carbocycles. The van der Waals surface area contributed by atoms with E-state index < -0.39 is 0 Å². The Bertz CT molecular complexity index is 526. The number of rotatable bonds is 14. The van der Waals surface area contributed by atoms with Crippen molar-refractivity contribution in [2.24, 2.45) is 23.7 Å². The molecule has 1 aromatic carbocycles. The minimum Gasteiger partial charge on any atom is -0.494 e. The Morgan fingerprint density at radius 1 is 0.531 bits per heavy atom. The Kier molecular flexibility index (Phi) is 11.8. The van der Waals surface area contributed by atoms with Crippen molar-refractivity contribution in [3.8, 4) is 11.5 Å². The third kappa shape index (κ3) is 9.36. The van der Waals surface area contributed by atoms with Crippen LogP contribution in [0.15, 0.2) is 24.3 Å². The molecule has 0 bridgehead atoms. The Balaban J connectivity index is 1.20. The van der Waals surface area contributed by atoms with Crippen LogP contribution in [0.1, 0.15) is 117 Å². The lowest BCUT2D eigenvalue weighted by atomic mass is 9.78. The van der Waals surface area contributed by atoms with Crippen molar-refractivity contribution in [3.05, 3.63) is 24.3 Å². The standard InChI is InChI=1S/C30H50O2/c1-3-7-25-11-15-27(16-12-25)9-5-23-31-29-19-21-30(22-20-29)32-24-6-10-28-17-13-26(8-4-2)14-18-28/h19-22,25-28H,3-18,23-24H2,1-2H3. The monoisotopic (exact) mass is 442 g/mol. The summed E-state index contributed by atoms with van der Waals surface area (Å²) in [4.78, 5) is 0. The highest BCUT2D eigenvalue weighted by Gasteiger charge is 2.21. The van der Waals surface area contributed by atoms with E-state index in [0.717, 1.165) is 48.4 Å². The summed E-state index contributed by atoms with van der Waals surface area (Å²) in [6.45, 7) is 6.33. The summed E-state index contributed by atoms with van der Waals surface area (Å²) in [7, 11) is 0. The average molecular weight is 443 g/mol. The first-order valence-electron chi connectivity index (χ1n) is 14.1. The van der Waals surface area contributed by atoms with E-state index >= 15 is 0 Å². The van der Waals surface area contributed by atoms with E-state index in [2.05, 4.69) is 38.1 Å². The van der Waals surface area contributed by atoms with Gasteiger partial charge < -0.3 is 9.47 Å². The van der Waals surface area contributed by atoms with E-state index in [1.54, 1.807) is 0 Å². The van der Waals surface area contributed by atoms with Gasteiger partial charge in [-0.1, -0.05) is 90.9 Å². The smallest absolute Gasteiger partial charge is 0.119 e. The minimum atomic E-state index is 0.843. The lowest BCUT2D eigenvalue weighted by Crippen LogP contribution is -2.15. The number of hydrogen-bond donors (Lipinski definition) is 0. The molecule has 2 nitrogen and oxygen atoms in total. The van der Waals surface area contributed by atoms with Gasteiger partial charge in [0.1, 0.15) is 11.5 Å². The molecular formula is C30H50O2. The molecule has 2 fully saturated rings. The van der Waals surface area contributed by atoms with Gasteiger partial charge in [-0.2, -0.15) is 0 Å². The van der Waals surface area contributed by atoms with Crippen molar-refractivity contribution in [1.29, 1.82) is 0 Å². The van der Waals surface area contributed by atoms with Crippen LogP contribution in [0, 0.1) is 23.7 Å². The molecule has 182 valence electrons. The molecule has 1 aromatic rings. The van der Waals surface area contributed by atoms with E-state index in [9.17, 15) is 0 Å². The summed E-state index contributed by atoms with van der Waals surface area (Å²) in [5.41, 5.74) is 0. The lowest BCUT2D eigenvalue weighted by molar-refractivity contribution is 0.228. The topological polar surface area (TPSA) is 18.5 Å². The molecule has 2 aliphatic carbocycles. The molecule has 2 aliphatic rings. The fourth-order valence-electron chi connectivity index (χ4n) is 6.19. The first kappa shape index (κ1) is 25.4. The molecule has 32 heavy (non-hydrogen) atoms. The third-order valence-electron chi connectivity index (χ3n) is 8.20. The molecule has 3 rings (SSSR count). The molecule has 0 amide bonds. The minimum absolute atomic E-state index is 0.843. The molecule has 2 heteroatoms. The maximum absolute atomic E-state index is 5.99. The molecule has 0 atom stereocenters. The highest BCUT2D eigenvalue weighted by atomic mass is 16.5. The predicted octanol–water partition coefficient (Wildman–Crippen LogP) is 9.22. The van der Waals surface area contributed by atoms with Gasteiger partial charge in [0.15, 0.2) is 0 Å². The van der Waals surface area contributed by atoms with Crippen molar-refractivity contribution in [2.45, 2.75) is 117 Å². The molecule has 0 N–H and O–H groups in total. The molecular weight excluding hydrogens is 392 g/mol. The second-order valence-electron chi connectivity index (χ2n) is 10.8. The summed E-state index contributed by atoms with van der Waals surface area (Å²) in [6, 6.07) is 8.28. The van der Waals surface area contributed by atoms with E-state index in [-0.39, 0.29) is 0 Å². The maximum atomic E-state index is 5.99. The van der Waals surface area contributed by atoms with Gasteiger partial charge in [-0.3, -0.25) is 0 Å². The highest BCUT2D eigenvalue weighted by Crippen LogP contribution is 2.35. The van der Waals surface area contributed by atoms with Crippen LogP contribution in [-0.2, 0) is 0 Å². The number of hydrogen-bond acceptors (Lipinski definition) is 2. The van der Waals surface area contributed by atoms with Crippen LogP contribution in [0.2, 0.25) is 0 Å². The van der Waals surface area contributed by atoms with Gasteiger partial charge in [-0.25, -0.2) is 0 Å². The summed E-state index contributed by atoms with van der Waals surface area (Å²) in [5, 5.41) is 0. The van der Waals surface area contributed by atoms with Gasteiger partial charge >= 0.3 is 0 Å². The Hall–Kier alpha value is -1.18. The Labute approximate surface area is 198 Å². The first-order chi connectivity index (χ1) is 15.8. The van der Waals surface area contributed by atoms with E-state index in [0.29, 0.717) is 0 Å². The zero-order valence-corrected chi connectivity index (χ0v) is 21.2. The van der Waals surface area contributed by atoms with Gasteiger partial charge in [-0.15, -0.1) is 0 Å². The molecule has 0 heterocycles. The third-order valence-corrected chi connectivity index (χ3v) is 8.20. The van der Waals surface area contributed by atoms with Gasteiger partial charge in [0, 0.05) is 0 Å². The van der Waals surface area contributed by atoms with Crippen LogP contribution in [0.4, 0.5) is 0 Å². The summed E-state index contributed by atoms with van der Waals surface area (Å²) in [6.07, 6.45) is 22.2. The highest BCUT2D eigenvalue weighted by molar-refractivity contribution is 5.31. The summed E-state index contributed by atoms with van der Waals surface area (Å²) >= 11 is 0. The fraction of sp³-hybridized carbons (Fsp3) is 0.800. The SMILES string of the molecule is CCCC1CCC(CCCOc2ccc(OCCCC3CCC(CCC)CC3)cc2)CC1. The molecule has 0 spiro atoms. The van der Waals surface area contributed by atoms with Crippen LogP contribution in [0.3, 0.4) is 0 Å². The predicted molar refractivity (Wildman–Crippen MR) is 137 cm³/mol. The van der Waals surface area contributed by atoms with Crippen LogP contribution >= 0.6 is 0 Å². The molecule has 0 aromatic heterocycles. The van der Waals surface area contributed by atoms with Crippen molar-refractivity contribution < 1.29 is 9.47 Å². The lowest BCUT2D eigenvalue weighted by Gasteiger charge is -2.28. The fourth-order valence-corrected chi connectivity index (χ4v) is 6.19. The van der Waals surface area contributed by atoms with Crippen molar-refractivity contribution in [2.75, 3.05) is 13.2 Å². The van der Waals surface area contributed by atoms with Crippen LogP contribution in [0.5, 0.6) is 11.5 Å². The van der Waals surface area contributed by atoms with Gasteiger partial charge in [0.25, 0.3) is 0 Å². The second-order valence-corrected chi connectivity index (χ2v) is 10.8. The Morgan fingerprint density at radius 3 is 1.16 bits per heavy atom. The Morgan fingerprint density at radius 2 is 0.844 bits per heavy atom. The largest absolute Gasteiger partial charge is 0.494 e. The summed E-state index contributed by atoms with van der Waals surface area (Å²) < 4.78 is 12.0. The molecule has 0 aliphatic heterocycles. The van der Waals surface area contributed by atoms with Crippen LogP contribution in [-0.4, -0.2) is 13.2 Å². The second kappa shape index (κ2) is 14.9. The molecule has 0 radical (unpaired) electrons. The van der Waals surface area contributed by atoms with Gasteiger partial charge in [0.05, 0.1) is 13.2 Å².